The van der Waals surface area contributed by atoms with E-state index in [1.54, 1.807) is 6.07 Å². The Labute approximate surface area is 142 Å². The molecule has 0 fully saturated rings. The van der Waals surface area contributed by atoms with Crippen molar-refractivity contribution in [1.82, 2.24) is 0 Å². The molecule has 0 aliphatic rings. The van der Waals surface area contributed by atoms with E-state index in [4.69, 9.17) is 9.47 Å². The minimum Gasteiger partial charge on any atom is -0.423 e. The van der Waals surface area contributed by atoms with Crippen molar-refractivity contribution in [3.8, 4) is 11.5 Å². The van der Waals surface area contributed by atoms with Crippen molar-refractivity contribution in [3.63, 3.8) is 0 Å². The topological polar surface area (TPSA) is 52.6 Å². The molecule has 0 saturated heterocycles. The molecule has 0 saturated carbocycles. The third-order valence-corrected chi connectivity index (χ3v) is 3.01. The van der Waals surface area contributed by atoms with Crippen LogP contribution in [0.15, 0.2) is 55.1 Å². The fourth-order valence-corrected chi connectivity index (χ4v) is 1.89. The number of benzene rings is 2. The maximum atomic E-state index is 12.1. The summed E-state index contributed by atoms with van der Waals surface area (Å²) in [7, 11) is 0. The molecule has 0 heterocycles. The van der Waals surface area contributed by atoms with Crippen molar-refractivity contribution in [3.05, 3.63) is 71.8 Å². The molecule has 0 aliphatic carbocycles. The summed E-state index contributed by atoms with van der Waals surface area (Å²) < 4.78 is 10.3. The van der Waals surface area contributed by atoms with Crippen LogP contribution in [0.5, 0.6) is 11.5 Å². The second kappa shape index (κ2) is 9.30. The monoisotopic (exact) mass is 326 g/mol. The summed E-state index contributed by atoms with van der Waals surface area (Å²) in [6.45, 7) is 11.2. The Morgan fingerprint density at radius 1 is 0.958 bits per heavy atom. The smallest absolute Gasteiger partial charge is 0.343 e. The predicted molar refractivity (Wildman–Crippen MR) is 94.5 cm³/mol. The largest absolute Gasteiger partial charge is 0.423 e. The molecule has 2 aromatic rings. The first-order valence-electron chi connectivity index (χ1n) is 7.73. The zero-order valence-electron chi connectivity index (χ0n) is 14.5. The first-order chi connectivity index (χ1) is 11.5. The van der Waals surface area contributed by atoms with Crippen LogP contribution in [0.3, 0.4) is 0 Å². The number of rotatable bonds is 4. The van der Waals surface area contributed by atoms with Crippen molar-refractivity contribution in [2.75, 3.05) is 0 Å². The van der Waals surface area contributed by atoms with Crippen LogP contribution in [0.4, 0.5) is 0 Å². The molecule has 24 heavy (non-hydrogen) atoms. The lowest BCUT2D eigenvalue weighted by Gasteiger charge is -2.08. The van der Waals surface area contributed by atoms with Crippen molar-refractivity contribution >= 4 is 11.9 Å². The average Bonchev–Trinajstić information content (AvgIpc) is 2.59. The van der Waals surface area contributed by atoms with Crippen molar-refractivity contribution < 1.29 is 19.1 Å². The van der Waals surface area contributed by atoms with Gasteiger partial charge in [-0.15, -0.1) is 0 Å². The van der Waals surface area contributed by atoms with Gasteiger partial charge in [-0.25, -0.2) is 9.59 Å². The fourth-order valence-electron chi connectivity index (χ4n) is 1.89. The summed E-state index contributed by atoms with van der Waals surface area (Å²) in [6.07, 6.45) is 1.07. The quantitative estimate of drug-likeness (QED) is 0.466. The van der Waals surface area contributed by atoms with Gasteiger partial charge in [-0.05, 0) is 49.7 Å². The number of hydrogen-bond acceptors (Lipinski definition) is 4. The first kappa shape index (κ1) is 19.2. The molecule has 2 rings (SSSR count). The van der Waals surface area contributed by atoms with Crippen molar-refractivity contribution in [2.24, 2.45) is 0 Å². The molecule has 0 atom stereocenters. The zero-order valence-corrected chi connectivity index (χ0v) is 14.5. The standard InChI is InChI=1S/C18H16O4.C2H6/c1-4-17(19)21-15-8-6-14(7-9-15)18(20)22-16-10-5-12(2)11-13(16)3;1-2/h4-11H,1H2,2-3H3;1-2H3. The maximum Gasteiger partial charge on any atom is 0.343 e. The van der Waals surface area contributed by atoms with Gasteiger partial charge in [-0.1, -0.05) is 38.1 Å². The molecule has 0 aliphatic heterocycles. The number of ether oxygens (including phenoxy) is 2. The Balaban J connectivity index is 0.00000139. The lowest BCUT2D eigenvalue weighted by Crippen LogP contribution is -2.09. The number of aryl methyl sites for hydroxylation is 2. The van der Waals surface area contributed by atoms with Gasteiger partial charge in [0.15, 0.2) is 0 Å². The van der Waals surface area contributed by atoms with Crippen molar-refractivity contribution in [2.45, 2.75) is 27.7 Å². The minimum absolute atomic E-state index is 0.341. The third kappa shape index (κ3) is 5.39. The van der Waals surface area contributed by atoms with Gasteiger partial charge in [-0.2, -0.15) is 0 Å². The van der Waals surface area contributed by atoms with E-state index in [1.807, 2.05) is 39.8 Å². The van der Waals surface area contributed by atoms with E-state index in [-0.39, 0.29) is 0 Å². The van der Waals surface area contributed by atoms with Gasteiger partial charge < -0.3 is 9.47 Å². The average molecular weight is 326 g/mol. The molecular weight excluding hydrogens is 304 g/mol. The number of esters is 2. The summed E-state index contributed by atoms with van der Waals surface area (Å²) in [5.41, 5.74) is 2.37. The Bertz CT molecular complexity index is 715. The first-order valence-corrected chi connectivity index (χ1v) is 7.73. The highest BCUT2D eigenvalue weighted by atomic mass is 16.5. The molecule has 126 valence electrons. The van der Waals surface area contributed by atoms with E-state index in [2.05, 4.69) is 6.58 Å². The fraction of sp³-hybridized carbons (Fsp3) is 0.200. The van der Waals surface area contributed by atoms with Gasteiger partial charge in [0.05, 0.1) is 5.56 Å². The predicted octanol–water partition coefficient (Wildman–Crippen LogP) is 4.64. The summed E-state index contributed by atoms with van der Waals surface area (Å²) in [5, 5.41) is 0. The van der Waals surface area contributed by atoms with Crippen LogP contribution in [0.2, 0.25) is 0 Å². The van der Waals surface area contributed by atoms with E-state index in [0.29, 0.717) is 17.1 Å². The lowest BCUT2D eigenvalue weighted by molar-refractivity contribution is -0.128. The van der Waals surface area contributed by atoms with Crippen LogP contribution in [0.1, 0.15) is 35.3 Å². The van der Waals surface area contributed by atoms with Crippen molar-refractivity contribution in [1.29, 1.82) is 0 Å². The van der Waals surface area contributed by atoms with E-state index in [9.17, 15) is 9.59 Å². The van der Waals surface area contributed by atoms with Gasteiger partial charge >= 0.3 is 11.9 Å². The summed E-state index contributed by atoms with van der Waals surface area (Å²) >= 11 is 0. The molecule has 0 N–H and O–H groups in total. The summed E-state index contributed by atoms with van der Waals surface area (Å²) in [5.74, 6) is -0.148. The maximum absolute atomic E-state index is 12.1. The molecular formula is C20H22O4. The zero-order chi connectivity index (χ0) is 18.1. The van der Waals surface area contributed by atoms with Crippen LogP contribution < -0.4 is 9.47 Å². The van der Waals surface area contributed by atoms with Gasteiger partial charge in [0.2, 0.25) is 0 Å². The van der Waals surface area contributed by atoms with E-state index < -0.39 is 11.9 Å². The number of carbonyl (C=O) groups excluding carboxylic acids is 2. The highest BCUT2D eigenvalue weighted by Crippen LogP contribution is 2.21. The molecule has 4 nitrogen and oxygen atoms in total. The van der Waals surface area contributed by atoms with Crippen LogP contribution in [-0.2, 0) is 4.79 Å². The van der Waals surface area contributed by atoms with Gasteiger partial charge in [0.1, 0.15) is 11.5 Å². The van der Waals surface area contributed by atoms with Gasteiger partial charge in [0, 0.05) is 6.08 Å². The highest BCUT2D eigenvalue weighted by molar-refractivity contribution is 5.91. The second-order valence-corrected chi connectivity index (χ2v) is 4.81. The number of hydrogen-bond donors (Lipinski definition) is 0. The van der Waals surface area contributed by atoms with E-state index >= 15 is 0 Å². The third-order valence-electron chi connectivity index (χ3n) is 3.01. The Morgan fingerprint density at radius 2 is 1.58 bits per heavy atom. The molecule has 2 aromatic carbocycles. The molecule has 0 spiro atoms. The normalized spacial score (nSPS) is 9.33. The molecule has 4 heteroatoms. The van der Waals surface area contributed by atoms with Gasteiger partial charge in [0.25, 0.3) is 0 Å². The van der Waals surface area contributed by atoms with Gasteiger partial charge in [-0.3, -0.25) is 0 Å². The SMILES string of the molecule is C=CC(=O)Oc1ccc(C(=O)Oc2ccc(C)cc2C)cc1.CC. The Kier molecular flexibility index (Phi) is 7.43. The molecule has 0 bridgehead atoms. The van der Waals surface area contributed by atoms with Crippen LogP contribution >= 0.6 is 0 Å². The Morgan fingerprint density at radius 3 is 2.12 bits per heavy atom. The summed E-state index contributed by atoms with van der Waals surface area (Å²) in [6, 6.07) is 11.7. The number of carbonyl (C=O) groups is 2. The molecule has 0 aromatic heterocycles. The second-order valence-electron chi connectivity index (χ2n) is 4.81. The van der Waals surface area contributed by atoms with E-state index in [1.165, 1.54) is 24.3 Å². The lowest BCUT2D eigenvalue weighted by atomic mass is 10.1. The van der Waals surface area contributed by atoms with Crippen LogP contribution in [0, 0.1) is 13.8 Å². The summed E-state index contributed by atoms with van der Waals surface area (Å²) in [4.78, 5) is 23.2. The Hall–Kier alpha value is -2.88. The highest BCUT2D eigenvalue weighted by Gasteiger charge is 2.11. The minimum atomic E-state index is -0.550. The van der Waals surface area contributed by atoms with Crippen LogP contribution in [0.25, 0.3) is 0 Å². The van der Waals surface area contributed by atoms with E-state index in [0.717, 1.165) is 17.2 Å². The molecule has 0 radical (unpaired) electrons. The molecule has 0 amide bonds. The van der Waals surface area contributed by atoms with Crippen LogP contribution in [-0.4, -0.2) is 11.9 Å². The molecule has 0 unspecified atom stereocenters.